The van der Waals surface area contributed by atoms with Gasteiger partial charge in [-0.15, -0.1) is 0 Å². The molecule has 0 fully saturated rings. The van der Waals surface area contributed by atoms with Gasteiger partial charge in [0.15, 0.2) is 17.5 Å². The molecule has 0 aliphatic carbocycles. The standard InChI is InChI=1S/C21H18F4/c1-2-3-4-5-13-6-8-16(18(22)10-13)14-7-9-17-15(11-14)12-19(23)21(25)20(17)24/h6-12H,2-5H2,1H3. The van der Waals surface area contributed by atoms with Crippen LogP contribution in [-0.4, -0.2) is 0 Å². The van der Waals surface area contributed by atoms with Crippen LogP contribution < -0.4 is 0 Å². The van der Waals surface area contributed by atoms with Crippen LogP contribution in [0.3, 0.4) is 0 Å². The molecule has 0 radical (unpaired) electrons. The number of fused-ring (bicyclic) bond motifs is 1. The number of halogens is 4. The molecular weight excluding hydrogens is 328 g/mol. The van der Waals surface area contributed by atoms with Gasteiger partial charge in [0.2, 0.25) is 0 Å². The van der Waals surface area contributed by atoms with E-state index in [1.54, 1.807) is 6.07 Å². The lowest BCUT2D eigenvalue weighted by Crippen LogP contribution is -1.94. The smallest absolute Gasteiger partial charge is 0.195 e. The predicted molar refractivity (Wildman–Crippen MR) is 92.4 cm³/mol. The van der Waals surface area contributed by atoms with Gasteiger partial charge in [-0.3, -0.25) is 0 Å². The molecule has 3 rings (SSSR count). The molecule has 0 amide bonds. The Morgan fingerprint density at radius 3 is 2.28 bits per heavy atom. The van der Waals surface area contributed by atoms with E-state index < -0.39 is 17.5 Å². The highest BCUT2D eigenvalue weighted by atomic mass is 19.2. The molecule has 130 valence electrons. The van der Waals surface area contributed by atoms with Gasteiger partial charge in [0.25, 0.3) is 0 Å². The van der Waals surface area contributed by atoms with Crippen LogP contribution in [0.15, 0.2) is 42.5 Å². The van der Waals surface area contributed by atoms with Gasteiger partial charge in [0, 0.05) is 10.9 Å². The van der Waals surface area contributed by atoms with Gasteiger partial charge in [0.1, 0.15) is 5.82 Å². The van der Waals surface area contributed by atoms with Gasteiger partial charge >= 0.3 is 0 Å². The fourth-order valence-electron chi connectivity index (χ4n) is 3.00. The molecule has 0 aliphatic rings. The van der Waals surface area contributed by atoms with E-state index in [0.29, 0.717) is 11.1 Å². The Hall–Kier alpha value is -2.36. The SMILES string of the molecule is CCCCCc1ccc(-c2ccc3c(F)c(F)c(F)cc3c2)c(F)c1. The first kappa shape index (κ1) is 17.5. The molecule has 0 spiro atoms. The van der Waals surface area contributed by atoms with Crippen LogP contribution in [0.2, 0.25) is 0 Å². The second-order valence-corrected chi connectivity index (χ2v) is 6.19. The molecule has 0 aromatic heterocycles. The maximum absolute atomic E-state index is 14.5. The molecule has 0 nitrogen and oxygen atoms in total. The van der Waals surface area contributed by atoms with Crippen molar-refractivity contribution in [3.8, 4) is 11.1 Å². The molecule has 0 saturated carbocycles. The van der Waals surface area contributed by atoms with Crippen molar-refractivity contribution in [3.05, 3.63) is 71.3 Å². The summed E-state index contributed by atoms with van der Waals surface area (Å²) < 4.78 is 55.0. The van der Waals surface area contributed by atoms with Gasteiger partial charge in [0.05, 0.1) is 0 Å². The molecule has 0 atom stereocenters. The van der Waals surface area contributed by atoms with Gasteiger partial charge in [-0.25, -0.2) is 17.6 Å². The van der Waals surface area contributed by atoms with E-state index in [-0.39, 0.29) is 16.6 Å². The molecule has 0 aliphatic heterocycles. The minimum Gasteiger partial charge on any atom is -0.206 e. The maximum atomic E-state index is 14.5. The summed E-state index contributed by atoms with van der Waals surface area (Å²) in [7, 11) is 0. The Morgan fingerprint density at radius 1 is 0.760 bits per heavy atom. The normalized spacial score (nSPS) is 11.2. The molecule has 0 heterocycles. The number of unbranched alkanes of at least 4 members (excludes halogenated alkanes) is 2. The Labute approximate surface area is 144 Å². The van der Waals surface area contributed by atoms with Gasteiger partial charge in [-0.05, 0) is 47.6 Å². The second kappa shape index (κ2) is 7.26. The van der Waals surface area contributed by atoms with E-state index in [0.717, 1.165) is 37.3 Å². The number of rotatable bonds is 5. The van der Waals surface area contributed by atoms with Crippen LogP contribution >= 0.6 is 0 Å². The monoisotopic (exact) mass is 346 g/mol. The molecule has 3 aromatic rings. The summed E-state index contributed by atoms with van der Waals surface area (Å²) in [6.07, 6.45) is 4.03. The van der Waals surface area contributed by atoms with Crippen LogP contribution in [0.1, 0.15) is 31.7 Å². The van der Waals surface area contributed by atoms with Crippen molar-refractivity contribution in [2.24, 2.45) is 0 Å². The van der Waals surface area contributed by atoms with Crippen LogP contribution in [0.25, 0.3) is 21.9 Å². The van der Waals surface area contributed by atoms with Crippen LogP contribution in [-0.2, 0) is 6.42 Å². The van der Waals surface area contributed by atoms with E-state index in [2.05, 4.69) is 6.92 Å². The van der Waals surface area contributed by atoms with Crippen molar-refractivity contribution < 1.29 is 17.6 Å². The summed E-state index contributed by atoms with van der Waals surface area (Å²) in [6.45, 7) is 2.11. The zero-order chi connectivity index (χ0) is 18.0. The lowest BCUT2D eigenvalue weighted by molar-refractivity contribution is 0.453. The second-order valence-electron chi connectivity index (χ2n) is 6.19. The van der Waals surface area contributed by atoms with E-state index in [1.807, 2.05) is 6.07 Å². The summed E-state index contributed by atoms with van der Waals surface area (Å²) in [6, 6.07) is 10.3. The fourth-order valence-corrected chi connectivity index (χ4v) is 3.00. The highest BCUT2D eigenvalue weighted by Crippen LogP contribution is 2.30. The average Bonchev–Trinajstić information content (AvgIpc) is 2.60. The molecule has 3 aromatic carbocycles. The van der Waals surface area contributed by atoms with E-state index in [4.69, 9.17) is 0 Å². The summed E-state index contributed by atoms with van der Waals surface area (Å²) in [4.78, 5) is 0. The lowest BCUT2D eigenvalue weighted by Gasteiger charge is -2.09. The highest BCUT2D eigenvalue weighted by molar-refractivity contribution is 5.88. The third kappa shape index (κ3) is 3.53. The first-order valence-corrected chi connectivity index (χ1v) is 8.37. The Morgan fingerprint density at radius 2 is 1.56 bits per heavy atom. The highest BCUT2D eigenvalue weighted by Gasteiger charge is 2.15. The average molecular weight is 346 g/mol. The molecule has 0 bridgehead atoms. The van der Waals surface area contributed by atoms with Gasteiger partial charge in [-0.1, -0.05) is 44.0 Å². The van der Waals surface area contributed by atoms with Crippen molar-refractivity contribution in [1.29, 1.82) is 0 Å². The molecule has 0 saturated heterocycles. The topological polar surface area (TPSA) is 0 Å². The Bertz CT molecular complexity index is 915. The summed E-state index contributed by atoms with van der Waals surface area (Å²) in [5.74, 6) is -4.36. The minimum absolute atomic E-state index is 0.0285. The van der Waals surface area contributed by atoms with Crippen LogP contribution in [0.4, 0.5) is 17.6 Å². The third-order valence-electron chi connectivity index (χ3n) is 4.39. The molecule has 0 N–H and O–H groups in total. The number of benzene rings is 3. The van der Waals surface area contributed by atoms with E-state index >= 15 is 0 Å². The Kier molecular flexibility index (Phi) is 5.07. The molecule has 25 heavy (non-hydrogen) atoms. The first-order valence-electron chi connectivity index (χ1n) is 8.37. The summed E-state index contributed by atoms with van der Waals surface area (Å²) >= 11 is 0. The number of aryl methyl sites for hydroxylation is 1. The molecular formula is C21H18F4. The lowest BCUT2D eigenvalue weighted by atomic mass is 9.98. The zero-order valence-electron chi connectivity index (χ0n) is 13.9. The largest absolute Gasteiger partial charge is 0.206 e. The maximum Gasteiger partial charge on any atom is 0.195 e. The van der Waals surface area contributed by atoms with E-state index in [1.165, 1.54) is 24.3 Å². The first-order chi connectivity index (χ1) is 12.0. The molecule has 4 heteroatoms. The predicted octanol–water partition coefficient (Wildman–Crippen LogP) is 6.80. The van der Waals surface area contributed by atoms with Crippen molar-refractivity contribution in [2.75, 3.05) is 0 Å². The summed E-state index contributed by atoms with van der Waals surface area (Å²) in [5.41, 5.74) is 1.77. The fraction of sp³-hybridized carbons (Fsp3) is 0.238. The van der Waals surface area contributed by atoms with Crippen LogP contribution in [0.5, 0.6) is 0 Å². The molecule has 0 unspecified atom stereocenters. The number of hydrogen-bond acceptors (Lipinski definition) is 0. The van der Waals surface area contributed by atoms with Crippen molar-refractivity contribution in [3.63, 3.8) is 0 Å². The van der Waals surface area contributed by atoms with Gasteiger partial charge in [-0.2, -0.15) is 0 Å². The van der Waals surface area contributed by atoms with Crippen LogP contribution in [0, 0.1) is 23.3 Å². The summed E-state index contributed by atoms with van der Waals surface area (Å²) in [5, 5.41) is 0.166. The Balaban J connectivity index is 1.97. The van der Waals surface area contributed by atoms with E-state index in [9.17, 15) is 17.6 Å². The number of hydrogen-bond donors (Lipinski definition) is 0. The van der Waals surface area contributed by atoms with Crippen molar-refractivity contribution >= 4 is 10.8 Å². The minimum atomic E-state index is -1.50. The quantitative estimate of drug-likeness (QED) is 0.271. The van der Waals surface area contributed by atoms with Crippen molar-refractivity contribution in [1.82, 2.24) is 0 Å². The third-order valence-corrected chi connectivity index (χ3v) is 4.39. The zero-order valence-corrected chi connectivity index (χ0v) is 13.9. The van der Waals surface area contributed by atoms with Gasteiger partial charge < -0.3 is 0 Å². The van der Waals surface area contributed by atoms with Crippen molar-refractivity contribution in [2.45, 2.75) is 32.6 Å².